The number of carbonyl (C=O) groups is 3. The van der Waals surface area contributed by atoms with E-state index in [-0.39, 0.29) is 11.7 Å². The van der Waals surface area contributed by atoms with Gasteiger partial charge in [-0.3, -0.25) is 4.79 Å². The molecule has 0 bridgehead atoms. The Hall–Kier alpha value is -3.09. The first-order chi connectivity index (χ1) is 12.8. The maximum absolute atomic E-state index is 12.4. The van der Waals surface area contributed by atoms with Crippen molar-refractivity contribution in [1.29, 1.82) is 0 Å². The number of benzene rings is 1. The summed E-state index contributed by atoms with van der Waals surface area (Å²) < 4.78 is 9.98. The molecule has 0 aliphatic rings. The van der Waals surface area contributed by atoms with Crippen LogP contribution in [-0.2, 0) is 14.3 Å². The Labute approximate surface area is 158 Å². The number of aryl methyl sites for hydroxylation is 1. The molecular weight excluding hydrogens is 348 g/mol. The minimum absolute atomic E-state index is 0.128. The van der Waals surface area contributed by atoms with Crippen LogP contribution in [0.4, 0.5) is 0 Å². The van der Waals surface area contributed by atoms with Crippen molar-refractivity contribution in [1.82, 2.24) is 10.3 Å². The van der Waals surface area contributed by atoms with Crippen LogP contribution in [0, 0.1) is 13.8 Å². The Kier molecular flexibility index (Phi) is 6.39. The normalized spacial score (nSPS) is 12.8. The molecule has 1 aromatic heterocycles. The van der Waals surface area contributed by atoms with Crippen LogP contribution in [0.3, 0.4) is 0 Å². The van der Waals surface area contributed by atoms with Crippen molar-refractivity contribution in [2.24, 2.45) is 0 Å². The average molecular weight is 372 g/mol. The molecule has 7 nitrogen and oxygen atoms in total. The lowest BCUT2D eigenvalue weighted by atomic mass is 10.1. The molecule has 0 radical (unpaired) electrons. The van der Waals surface area contributed by atoms with Crippen molar-refractivity contribution in [2.75, 3.05) is 7.11 Å². The van der Waals surface area contributed by atoms with E-state index in [1.807, 2.05) is 37.3 Å². The van der Waals surface area contributed by atoms with Crippen LogP contribution in [0.15, 0.2) is 30.3 Å². The van der Waals surface area contributed by atoms with Crippen LogP contribution in [0.5, 0.6) is 0 Å². The molecule has 0 fully saturated rings. The quantitative estimate of drug-likeness (QED) is 0.760. The van der Waals surface area contributed by atoms with Crippen LogP contribution in [-0.4, -0.2) is 36.0 Å². The third kappa shape index (κ3) is 4.55. The second-order valence-corrected chi connectivity index (χ2v) is 6.31. The molecule has 0 spiro atoms. The summed E-state index contributed by atoms with van der Waals surface area (Å²) in [6.07, 6.45) is -0.992. The molecule has 0 saturated carbocycles. The number of hydrogen-bond donors (Lipinski definition) is 2. The number of hydrogen-bond acceptors (Lipinski definition) is 5. The van der Waals surface area contributed by atoms with Gasteiger partial charge in [-0.05, 0) is 38.8 Å². The number of H-pyrrole nitrogens is 1. The zero-order valence-electron chi connectivity index (χ0n) is 16.1. The van der Waals surface area contributed by atoms with Gasteiger partial charge in [-0.2, -0.15) is 0 Å². The molecule has 0 aliphatic heterocycles. The van der Waals surface area contributed by atoms with Gasteiger partial charge in [-0.15, -0.1) is 0 Å². The van der Waals surface area contributed by atoms with Crippen molar-refractivity contribution < 1.29 is 23.9 Å². The highest BCUT2D eigenvalue weighted by molar-refractivity contribution is 5.99. The summed E-state index contributed by atoms with van der Waals surface area (Å²) in [5, 5.41) is 2.81. The van der Waals surface area contributed by atoms with Crippen LogP contribution in [0.25, 0.3) is 0 Å². The summed E-state index contributed by atoms with van der Waals surface area (Å²) in [7, 11) is 1.27. The molecule has 0 saturated heterocycles. The van der Waals surface area contributed by atoms with Gasteiger partial charge < -0.3 is 19.8 Å². The van der Waals surface area contributed by atoms with E-state index >= 15 is 0 Å². The number of ether oxygens (including phenoxy) is 2. The fourth-order valence-corrected chi connectivity index (χ4v) is 2.79. The van der Waals surface area contributed by atoms with Crippen molar-refractivity contribution >= 4 is 17.8 Å². The molecule has 7 heteroatoms. The summed E-state index contributed by atoms with van der Waals surface area (Å²) in [6.45, 7) is 6.63. The van der Waals surface area contributed by atoms with Crippen LogP contribution in [0.1, 0.15) is 57.6 Å². The lowest BCUT2D eigenvalue weighted by Crippen LogP contribution is -2.37. The smallest absolute Gasteiger partial charge is 0.355 e. The van der Waals surface area contributed by atoms with E-state index in [0.29, 0.717) is 16.8 Å². The predicted octanol–water partition coefficient (Wildman–Crippen LogP) is 2.84. The third-order valence-corrected chi connectivity index (χ3v) is 4.34. The molecule has 1 aromatic carbocycles. The number of carbonyl (C=O) groups excluding carboxylic acids is 3. The molecule has 2 atom stereocenters. The predicted molar refractivity (Wildman–Crippen MR) is 99.5 cm³/mol. The molecule has 144 valence electrons. The Bertz CT molecular complexity index is 842. The van der Waals surface area contributed by atoms with Gasteiger partial charge >= 0.3 is 11.9 Å². The zero-order valence-corrected chi connectivity index (χ0v) is 16.1. The van der Waals surface area contributed by atoms with Gasteiger partial charge in [0.25, 0.3) is 5.91 Å². The first kappa shape index (κ1) is 20.2. The Morgan fingerprint density at radius 2 is 1.67 bits per heavy atom. The van der Waals surface area contributed by atoms with E-state index in [9.17, 15) is 14.4 Å². The van der Waals surface area contributed by atoms with E-state index in [1.165, 1.54) is 14.0 Å². The van der Waals surface area contributed by atoms with Crippen LogP contribution in [0.2, 0.25) is 0 Å². The van der Waals surface area contributed by atoms with Gasteiger partial charge in [0.2, 0.25) is 0 Å². The third-order valence-electron chi connectivity index (χ3n) is 4.34. The minimum Gasteiger partial charge on any atom is -0.465 e. The fourth-order valence-electron chi connectivity index (χ4n) is 2.79. The zero-order chi connectivity index (χ0) is 20.1. The SMILES string of the molecule is COC(=O)c1c(C)[nH]c(C(=O)O[C@@H](C)C(=O)N[C@@H](C)c2ccccc2)c1C. The van der Waals surface area contributed by atoms with E-state index < -0.39 is 23.9 Å². The second kappa shape index (κ2) is 8.53. The first-order valence-electron chi connectivity index (χ1n) is 8.60. The molecule has 2 aromatic rings. The fraction of sp³-hybridized carbons (Fsp3) is 0.350. The van der Waals surface area contributed by atoms with Crippen LogP contribution < -0.4 is 5.32 Å². The molecule has 2 rings (SSSR count). The number of aromatic amines is 1. The molecule has 0 unspecified atom stereocenters. The Morgan fingerprint density at radius 3 is 2.26 bits per heavy atom. The van der Waals surface area contributed by atoms with Crippen molar-refractivity contribution in [3.8, 4) is 0 Å². The maximum Gasteiger partial charge on any atom is 0.355 e. The largest absolute Gasteiger partial charge is 0.465 e. The molecule has 1 heterocycles. The Balaban J connectivity index is 2.05. The summed E-state index contributed by atoms with van der Waals surface area (Å²) in [4.78, 5) is 39.4. The summed E-state index contributed by atoms with van der Waals surface area (Å²) in [5.41, 5.74) is 2.29. The number of aromatic nitrogens is 1. The van der Waals surface area contributed by atoms with Crippen molar-refractivity contribution in [3.63, 3.8) is 0 Å². The van der Waals surface area contributed by atoms with Gasteiger partial charge in [-0.25, -0.2) is 9.59 Å². The molecular formula is C20H24N2O5. The molecule has 0 aliphatic carbocycles. The first-order valence-corrected chi connectivity index (χ1v) is 8.60. The van der Waals surface area contributed by atoms with E-state index in [0.717, 1.165) is 5.56 Å². The Morgan fingerprint density at radius 1 is 1.04 bits per heavy atom. The lowest BCUT2D eigenvalue weighted by molar-refractivity contribution is -0.129. The summed E-state index contributed by atoms with van der Waals surface area (Å²) in [5.74, 6) is -1.66. The molecule has 2 N–H and O–H groups in total. The molecule has 1 amide bonds. The van der Waals surface area contributed by atoms with Gasteiger partial charge in [0.05, 0.1) is 18.7 Å². The van der Waals surface area contributed by atoms with E-state index in [2.05, 4.69) is 10.3 Å². The van der Waals surface area contributed by atoms with Gasteiger partial charge in [0, 0.05) is 5.69 Å². The van der Waals surface area contributed by atoms with E-state index in [4.69, 9.17) is 9.47 Å². The van der Waals surface area contributed by atoms with Crippen LogP contribution >= 0.6 is 0 Å². The van der Waals surface area contributed by atoms with Crippen molar-refractivity contribution in [2.45, 2.75) is 39.8 Å². The van der Waals surface area contributed by atoms with E-state index in [1.54, 1.807) is 13.8 Å². The second-order valence-electron chi connectivity index (χ2n) is 6.31. The molecule has 27 heavy (non-hydrogen) atoms. The number of amides is 1. The highest BCUT2D eigenvalue weighted by atomic mass is 16.5. The lowest BCUT2D eigenvalue weighted by Gasteiger charge is -2.18. The topological polar surface area (TPSA) is 97.5 Å². The summed E-state index contributed by atoms with van der Waals surface area (Å²) >= 11 is 0. The number of esters is 2. The van der Waals surface area contributed by atoms with Gasteiger partial charge in [0.15, 0.2) is 6.10 Å². The minimum atomic E-state index is -0.992. The number of methoxy groups -OCH3 is 1. The maximum atomic E-state index is 12.4. The number of nitrogens with one attached hydrogen (secondary N) is 2. The highest BCUT2D eigenvalue weighted by Crippen LogP contribution is 2.20. The van der Waals surface area contributed by atoms with Gasteiger partial charge in [0.1, 0.15) is 5.69 Å². The van der Waals surface area contributed by atoms with Gasteiger partial charge in [-0.1, -0.05) is 30.3 Å². The highest BCUT2D eigenvalue weighted by Gasteiger charge is 2.26. The average Bonchev–Trinajstić information content (AvgIpc) is 2.96. The van der Waals surface area contributed by atoms with Crippen molar-refractivity contribution in [3.05, 3.63) is 58.4 Å². The summed E-state index contributed by atoms with van der Waals surface area (Å²) in [6, 6.07) is 9.25. The monoisotopic (exact) mass is 372 g/mol. The number of rotatable bonds is 6. The standard InChI is InChI=1S/C20H24N2O5/c1-11-16(19(24)26-5)13(3)21-17(11)20(25)27-14(4)18(23)22-12(2)15-9-7-6-8-10-15/h6-10,12,14,21H,1-5H3,(H,22,23)/t12-,14-/m0/s1.